The molecule has 0 unspecified atom stereocenters. The Hall–Kier alpha value is -3.99. The molecule has 0 saturated heterocycles. The van der Waals surface area contributed by atoms with Crippen molar-refractivity contribution in [3.8, 4) is 5.69 Å². The Morgan fingerprint density at radius 2 is 1.97 bits per heavy atom. The summed E-state index contributed by atoms with van der Waals surface area (Å²) < 4.78 is 44.0. The lowest BCUT2D eigenvalue weighted by Gasteiger charge is -2.27. The number of alkyl halides is 3. The highest BCUT2D eigenvalue weighted by Crippen LogP contribution is 2.40. The zero-order valence-corrected chi connectivity index (χ0v) is 20.4. The van der Waals surface area contributed by atoms with Gasteiger partial charge in [0.25, 0.3) is 5.56 Å². The number of nitrogens with one attached hydrogen (secondary N) is 2. The molecule has 0 spiro atoms. The summed E-state index contributed by atoms with van der Waals surface area (Å²) in [7, 11) is 0. The van der Waals surface area contributed by atoms with Crippen molar-refractivity contribution in [2.24, 2.45) is 0 Å². The minimum Gasteiger partial charge on any atom is -0.324 e. The molecule has 2 N–H and O–H groups in total. The molecule has 5 rings (SSSR count). The van der Waals surface area contributed by atoms with Gasteiger partial charge in [-0.15, -0.1) is 6.58 Å². The molecule has 0 amide bonds. The molecule has 3 aromatic heterocycles. The Morgan fingerprint density at radius 1 is 1.16 bits per heavy atom. The molecule has 37 heavy (non-hydrogen) atoms. The van der Waals surface area contributed by atoms with Crippen LogP contribution in [-0.4, -0.2) is 37.0 Å². The molecule has 11 heteroatoms. The summed E-state index contributed by atoms with van der Waals surface area (Å²) in [6.07, 6.45) is 0.658. The minimum atomic E-state index is -4.51. The molecule has 8 nitrogen and oxygen atoms in total. The van der Waals surface area contributed by atoms with E-state index in [1.165, 1.54) is 45.0 Å². The first-order chi connectivity index (χ1) is 17.6. The third-order valence-corrected chi connectivity index (χ3v) is 6.66. The van der Waals surface area contributed by atoms with Crippen LogP contribution in [0.2, 0.25) is 0 Å². The van der Waals surface area contributed by atoms with E-state index in [1.54, 1.807) is 6.07 Å². The van der Waals surface area contributed by atoms with Gasteiger partial charge in [0.05, 0.1) is 17.9 Å². The number of halogens is 3. The molecular weight excluding hydrogens is 483 g/mol. The van der Waals surface area contributed by atoms with Crippen molar-refractivity contribution >= 4 is 22.7 Å². The van der Waals surface area contributed by atoms with E-state index >= 15 is 0 Å². The molecule has 1 aliphatic heterocycles. The molecule has 192 valence electrons. The van der Waals surface area contributed by atoms with E-state index in [0.29, 0.717) is 5.69 Å². The number of fused-ring (bicyclic) bond motifs is 2. The normalized spacial score (nSPS) is 14.0. The molecule has 1 aromatic carbocycles. The fourth-order valence-corrected chi connectivity index (χ4v) is 4.36. The number of hydrogen-bond acceptors (Lipinski definition) is 6. The van der Waals surface area contributed by atoms with Crippen LogP contribution in [0.5, 0.6) is 0 Å². The average molecular weight is 510 g/mol. The summed E-state index contributed by atoms with van der Waals surface area (Å²) >= 11 is 0. The van der Waals surface area contributed by atoms with Crippen LogP contribution in [0.3, 0.4) is 0 Å². The lowest BCUT2D eigenvalue weighted by molar-refractivity contribution is -0.181. The number of aromatic nitrogens is 5. The van der Waals surface area contributed by atoms with Gasteiger partial charge in [-0.3, -0.25) is 9.78 Å². The van der Waals surface area contributed by atoms with Crippen molar-refractivity contribution in [1.82, 2.24) is 29.6 Å². The molecule has 0 radical (unpaired) electrons. The van der Waals surface area contributed by atoms with Crippen molar-refractivity contribution < 1.29 is 13.2 Å². The maximum atomic E-state index is 13.7. The van der Waals surface area contributed by atoms with Crippen molar-refractivity contribution in [2.75, 3.05) is 11.9 Å². The van der Waals surface area contributed by atoms with Gasteiger partial charge in [0.15, 0.2) is 5.65 Å². The van der Waals surface area contributed by atoms with Gasteiger partial charge < -0.3 is 10.6 Å². The second-order valence-corrected chi connectivity index (χ2v) is 9.48. The van der Waals surface area contributed by atoms with Crippen LogP contribution in [0.1, 0.15) is 30.7 Å². The monoisotopic (exact) mass is 509 g/mol. The van der Waals surface area contributed by atoms with E-state index in [0.717, 1.165) is 39.0 Å². The van der Waals surface area contributed by atoms with Crippen molar-refractivity contribution in [3.05, 3.63) is 82.6 Å². The molecule has 0 saturated carbocycles. The third-order valence-electron chi connectivity index (χ3n) is 6.66. The summed E-state index contributed by atoms with van der Waals surface area (Å²) in [5.41, 5.74) is 1.10. The molecule has 0 bridgehead atoms. The van der Waals surface area contributed by atoms with Gasteiger partial charge in [-0.1, -0.05) is 12.1 Å². The van der Waals surface area contributed by atoms with Crippen LogP contribution in [-0.2, 0) is 24.9 Å². The van der Waals surface area contributed by atoms with Gasteiger partial charge in [-0.25, -0.2) is 14.3 Å². The van der Waals surface area contributed by atoms with Crippen LogP contribution in [0.4, 0.5) is 24.8 Å². The average Bonchev–Trinajstić information content (AvgIpc) is 3.14. The first-order valence-electron chi connectivity index (χ1n) is 11.8. The number of benzene rings is 1. The van der Waals surface area contributed by atoms with Gasteiger partial charge in [0, 0.05) is 24.6 Å². The molecule has 4 heterocycles. The Morgan fingerprint density at radius 3 is 2.73 bits per heavy atom. The standard InChI is InChI=1S/C26H26F3N7O/c1-4-11-35-23(37)20-15-32-24(33-18-6-5-17-14-30-9-7-16(17)12-18)34-22(20)36(35)19-8-10-31-21(13-19)25(2,3)26(27,28)29/h4-6,8,10,12-13,15,30H,1,7,9,11,14H2,2-3H3,(H,32,33,34). The second-order valence-electron chi connectivity index (χ2n) is 9.48. The lowest BCUT2D eigenvalue weighted by atomic mass is 9.88. The van der Waals surface area contributed by atoms with Gasteiger partial charge in [0.1, 0.15) is 10.8 Å². The van der Waals surface area contributed by atoms with E-state index in [9.17, 15) is 18.0 Å². The van der Waals surface area contributed by atoms with Crippen molar-refractivity contribution in [3.63, 3.8) is 0 Å². The van der Waals surface area contributed by atoms with Crippen molar-refractivity contribution in [2.45, 2.75) is 44.9 Å². The summed E-state index contributed by atoms with van der Waals surface area (Å²) in [4.78, 5) is 26.1. The SMILES string of the molecule is C=CCn1c(=O)c2cnc(Nc3ccc4c(c3)CCNC4)nc2n1-c1ccnc(C(C)(C)C(F)(F)F)c1. The molecular formula is C26H26F3N7O. The van der Waals surface area contributed by atoms with Crippen LogP contribution in [0.15, 0.2) is 60.2 Å². The van der Waals surface area contributed by atoms with Gasteiger partial charge in [-0.05, 0) is 62.2 Å². The van der Waals surface area contributed by atoms with Gasteiger partial charge in [-0.2, -0.15) is 18.2 Å². The maximum Gasteiger partial charge on any atom is 0.399 e. The zero-order chi connectivity index (χ0) is 26.4. The summed E-state index contributed by atoms with van der Waals surface area (Å²) in [5, 5.41) is 6.76. The second kappa shape index (κ2) is 9.15. The fourth-order valence-electron chi connectivity index (χ4n) is 4.36. The number of rotatable bonds is 6. The Labute approximate surface area is 210 Å². The van der Waals surface area contributed by atoms with Gasteiger partial charge in [0.2, 0.25) is 5.95 Å². The minimum absolute atomic E-state index is 0.122. The fraction of sp³-hybridized carbons (Fsp3) is 0.308. The first-order valence-corrected chi connectivity index (χ1v) is 11.8. The summed E-state index contributed by atoms with van der Waals surface area (Å²) in [5.74, 6) is 0.260. The van der Waals surface area contributed by atoms with E-state index < -0.39 is 11.6 Å². The largest absolute Gasteiger partial charge is 0.399 e. The van der Waals surface area contributed by atoms with Crippen LogP contribution >= 0.6 is 0 Å². The number of hydrogen-bond donors (Lipinski definition) is 2. The van der Waals surface area contributed by atoms with Crippen LogP contribution in [0, 0.1) is 0 Å². The van der Waals surface area contributed by atoms with Gasteiger partial charge >= 0.3 is 6.18 Å². The summed E-state index contributed by atoms with van der Waals surface area (Å²) in [6, 6.07) is 8.90. The molecule has 0 aliphatic carbocycles. The molecule has 1 aliphatic rings. The molecule has 4 aromatic rings. The highest BCUT2D eigenvalue weighted by Gasteiger charge is 2.49. The first kappa shape index (κ1) is 24.7. The molecule has 0 fully saturated rings. The number of allylic oxidation sites excluding steroid dienone is 1. The predicted molar refractivity (Wildman–Crippen MR) is 135 cm³/mol. The van der Waals surface area contributed by atoms with Crippen LogP contribution < -0.4 is 16.2 Å². The van der Waals surface area contributed by atoms with E-state index in [4.69, 9.17) is 0 Å². The highest BCUT2D eigenvalue weighted by atomic mass is 19.4. The van der Waals surface area contributed by atoms with E-state index in [2.05, 4.69) is 32.2 Å². The Bertz CT molecular complexity index is 1550. The quantitative estimate of drug-likeness (QED) is 0.375. The topological polar surface area (TPSA) is 89.7 Å². The maximum absolute atomic E-state index is 13.7. The van der Waals surface area contributed by atoms with Crippen LogP contribution in [0.25, 0.3) is 16.7 Å². The summed E-state index contributed by atoms with van der Waals surface area (Å²) in [6.45, 7) is 7.70. The zero-order valence-electron chi connectivity index (χ0n) is 20.4. The Kier molecular flexibility index (Phi) is 6.10. The predicted octanol–water partition coefficient (Wildman–Crippen LogP) is 4.39. The third kappa shape index (κ3) is 4.39. The Balaban J connectivity index is 1.62. The smallest absolute Gasteiger partial charge is 0.324 e. The van der Waals surface area contributed by atoms with E-state index in [1.807, 2.05) is 18.2 Å². The lowest BCUT2D eigenvalue weighted by Crippen LogP contribution is -2.37. The van der Waals surface area contributed by atoms with E-state index in [-0.39, 0.29) is 34.8 Å². The van der Waals surface area contributed by atoms with Crippen molar-refractivity contribution in [1.29, 1.82) is 0 Å². The number of pyridine rings is 1. The highest BCUT2D eigenvalue weighted by molar-refractivity contribution is 5.77. The number of anilines is 2. The number of nitrogens with zero attached hydrogens (tertiary/aromatic N) is 5. The molecule has 0 atom stereocenters.